The monoisotopic (exact) mass is 239 g/mol. The molecule has 0 saturated heterocycles. The lowest BCUT2D eigenvalue weighted by atomic mass is 10.2. The second-order valence-electron chi connectivity index (χ2n) is 3.19. The summed E-state index contributed by atoms with van der Waals surface area (Å²) in [6.07, 6.45) is 1.80. The number of hydrogen-bond donors (Lipinski definition) is 2. The average Bonchev–Trinajstić information content (AvgIpc) is 2.29. The Balaban J connectivity index is 2.65. The van der Waals surface area contributed by atoms with Gasteiger partial charge in [-0.3, -0.25) is 4.79 Å². The van der Waals surface area contributed by atoms with Gasteiger partial charge in [0.15, 0.2) is 0 Å². The Morgan fingerprint density at radius 2 is 2.00 bits per heavy atom. The summed E-state index contributed by atoms with van der Waals surface area (Å²) in [4.78, 5) is 22.5. The zero-order valence-corrected chi connectivity index (χ0v) is 9.66. The molecule has 0 radical (unpaired) electrons. The van der Waals surface area contributed by atoms with Gasteiger partial charge in [0.1, 0.15) is 6.04 Å². The summed E-state index contributed by atoms with van der Waals surface area (Å²) in [5.74, 6) is -1.02. The molecule has 1 unspecified atom stereocenters. The maximum absolute atomic E-state index is 11.7. The third-order valence-corrected chi connectivity index (χ3v) is 2.64. The van der Waals surface area contributed by atoms with Crippen molar-refractivity contribution in [3.63, 3.8) is 0 Å². The molecule has 0 bridgehead atoms. The van der Waals surface area contributed by atoms with Crippen LogP contribution in [0, 0.1) is 0 Å². The molecule has 0 spiro atoms. The minimum atomic E-state index is -1.02. The quantitative estimate of drug-likeness (QED) is 0.811. The number of amides is 1. The summed E-state index contributed by atoms with van der Waals surface area (Å²) in [5.41, 5.74) is 0.467. The van der Waals surface area contributed by atoms with Gasteiger partial charge < -0.3 is 10.4 Å². The van der Waals surface area contributed by atoms with Gasteiger partial charge in [0.05, 0.1) is 0 Å². The Labute approximate surface area is 98.0 Å². The minimum absolute atomic E-state index is 0.355. The van der Waals surface area contributed by atoms with Gasteiger partial charge in [-0.25, -0.2) is 4.79 Å². The second kappa shape index (κ2) is 6.17. The van der Waals surface area contributed by atoms with Crippen LogP contribution in [0.25, 0.3) is 0 Å². The summed E-state index contributed by atoms with van der Waals surface area (Å²) in [6.45, 7) is 0. The Kier molecular flexibility index (Phi) is 4.85. The molecule has 5 heteroatoms. The van der Waals surface area contributed by atoms with Gasteiger partial charge in [0.25, 0.3) is 5.91 Å². The van der Waals surface area contributed by atoms with E-state index in [4.69, 9.17) is 5.11 Å². The van der Waals surface area contributed by atoms with Crippen molar-refractivity contribution in [3.8, 4) is 0 Å². The van der Waals surface area contributed by atoms with Gasteiger partial charge in [-0.2, -0.15) is 11.8 Å². The Morgan fingerprint density at radius 3 is 2.50 bits per heavy atom. The standard InChI is InChI=1S/C11H13NO3S/c1-16-7-9(11(14)15)12-10(13)8-5-3-2-4-6-8/h2-6,9H,7H2,1H3,(H,12,13)(H,14,15). The van der Waals surface area contributed by atoms with Crippen molar-refractivity contribution in [2.75, 3.05) is 12.0 Å². The van der Waals surface area contributed by atoms with Crippen molar-refractivity contribution in [3.05, 3.63) is 35.9 Å². The van der Waals surface area contributed by atoms with Crippen molar-refractivity contribution in [2.45, 2.75) is 6.04 Å². The molecule has 0 fully saturated rings. The first-order chi connectivity index (χ1) is 7.65. The fraction of sp³-hybridized carbons (Fsp3) is 0.273. The van der Waals surface area contributed by atoms with Crippen LogP contribution in [-0.2, 0) is 4.79 Å². The van der Waals surface area contributed by atoms with Crippen molar-refractivity contribution in [1.82, 2.24) is 5.32 Å². The molecule has 1 aromatic carbocycles. The van der Waals surface area contributed by atoms with E-state index in [2.05, 4.69) is 5.32 Å². The SMILES string of the molecule is CSCC(NC(=O)c1ccccc1)C(=O)O. The number of carbonyl (C=O) groups is 2. The van der Waals surface area contributed by atoms with Crippen molar-refractivity contribution < 1.29 is 14.7 Å². The highest BCUT2D eigenvalue weighted by atomic mass is 32.2. The largest absolute Gasteiger partial charge is 0.480 e. The fourth-order valence-electron chi connectivity index (χ4n) is 1.17. The topological polar surface area (TPSA) is 66.4 Å². The van der Waals surface area contributed by atoms with E-state index < -0.39 is 12.0 Å². The first kappa shape index (κ1) is 12.6. The van der Waals surface area contributed by atoms with Crippen LogP contribution in [0.1, 0.15) is 10.4 Å². The summed E-state index contributed by atoms with van der Waals surface area (Å²) in [5, 5.41) is 11.3. The molecule has 0 aromatic heterocycles. The molecule has 0 saturated carbocycles. The highest BCUT2D eigenvalue weighted by Gasteiger charge is 2.19. The van der Waals surface area contributed by atoms with Crippen LogP contribution < -0.4 is 5.32 Å². The molecular formula is C11H13NO3S. The van der Waals surface area contributed by atoms with Crippen LogP contribution in [0.2, 0.25) is 0 Å². The highest BCUT2D eigenvalue weighted by molar-refractivity contribution is 7.98. The van der Waals surface area contributed by atoms with E-state index in [1.54, 1.807) is 36.6 Å². The number of carboxylic acid groups (broad SMARTS) is 1. The van der Waals surface area contributed by atoms with Crippen LogP contribution in [0.15, 0.2) is 30.3 Å². The maximum Gasteiger partial charge on any atom is 0.327 e. The van der Waals surface area contributed by atoms with Crippen LogP contribution in [0.3, 0.4) is 0 Å². The first-order valence-electron chi connectivity index (χ1n) is 4.73. The van der Waals surface area contributed by atoms with E-state index in [0.717, 1.165) is 0 Å². The number of aliphatic carboxylic acids is 1. The van der Waals surface area contributed by atoms with Crippen molar-refractivity contribution >= 4 is 23.6 Å². The van der Waals surface area contributed by atoms with Crippen LogP contribution in [0.4, 0.5) is 0 Å². The lowest BCUT2D eigenvalue weighted by Gasteiger charge is -2.12. The normalized spacial score (nSPS) is 11.8. The zero-order valence-electron chi connectivity index (χ0n) is 8.84. The van der Waals surface area contributed by atoms with Crippen LogP contribution in [0.5, 0.6) is 0 Å². The highest BCUT2D eigenvalue weighted by Crippen LogP contribution is 2.02. The Morgan fingerprint density at radius 1 is 1.38 bits per heavy atom. The van der Waals surface area contributed by atoms with E-state index in [1.807, 2.05) is 0 Å². The molecule has 0 aliphatic rings. The third kappa shape index (κ3) is 3.58. The molecule has 0 heterocycles. The fourth-order valence-corrected chi connectivity index (χ4v) is 1.73. The average molecular weight is 239 g/mol. The summed E-state index contributed by atoms with van der Waals surface area (Å²) in [7, 11) is 0. The van der Waals surface area contributed by atoms with Gasteiger partial charge in [-0.15, -0.1) is 0 Å². The molecule has 1 amide bonds. The molecule has 1 rings (SSSR count). The van der Waals surface area contributed by atoms with Crippen molar-refractivity contribution in [1.29, 1.82) is 0 Å². The van der Waals surface area contributed by atoms with Gasteiger partial charge >= 0.3 is 5.97 Å². The lowest BCUT2D eigenvalue weighted by molar-refractivity contribution is -0.138. The first-order valence-corrected chi connectivity index (χ1v) is 6.12. The predicted molar refractivity (Wildman–Crippen MR) is 63.7 cm³/mol. The summed E-state index contributed by atoms with van der Waals surface area (Å²) < 4.78 is 0. The molecule has 2 N–H and O–H groups in total. The van der Waals surface area contributed by atoms with E-state index >= 15 is 0 Å². The Bertz CT molecular complexity index is 367. The molecule has 0 aliphatic heterocycles. The Hall–Kier alpha value is -1.49. The molecule has 4 nitrogen and oxygen atoms in total. The molecule has 1 aromatic rings. The minimum Gasteiger partial charge on any atom is -0.480 e. The van der Waals surface area contributed by atoms with Gasteiger partial charge in [0, 0.05) is 11.3 Å². The molecule has 0 aliphatic carbocycles. The van der Waals surface area contributed by atoms with E-state index in [-0.39, 0.29) is 5.91 Å². The molecular weight excluding hydrogens is 226 g/mol. The number of hydrogen-bond acceptors (Lipinski definition) is 3. The van der Waals surface area contributed by atoms with Crippen molar-refractivity contribution in [2.24, 2.45) is 0 Å². The van der Waals surface area contributed by atoms with E-state index in [0.29, 0.717) is 11.3 Å². The maximum atomic E-state index is 11.7. The third-order valence-electron chi connectivity index (χ3n) is 1.97. The number of thioether (sulfide) groups is 1. The summed E-state index contributed by atoms with van der Waals surface area (Å²) >= 11 is 1.38. The molecule has 16 heavy (non-hydrogen) atoms. The molecule has 1 atom stereocenters. The smallest absolute Gasteiger partial charge is 0.327 e. The number of rotatable bonds is 5. The zero-order chi connectivity index (χ0) is 12.0. The van der Waals surface area contributed by atoms with Crippen LogP contribution >= 0.6 is 11.8 Å². The van der Waals surface area contributed by atoms with Gasteiger partial charge in [-0.1, -0.05) is 18.2 Å². The summed E-state index contributed by atoms with van der Waals surface area (Å²) in [6, 6.07) is 7.72. The van der Waals surface area contributed by atoms with Gasteiger partial charge in [0.2, 0.25) is 0 Å². The van der Waals surface area contributed by atoms with Crippen LogP contribution in [-0.4, -0.2) is 35.0 Å². The predicted octanol–water partition coefficient (Wildman–Crippen LogP) is 1.23. The number of carbonyl (C=O) groups excluding carboxylic acids is 1. The van der Waals surface area contributed by atoms with Gasteiger partial charge in [-0.05, 0) is 18.4 Å². The number of benzene rings is 1. The lowest BCUT2D eigenvalue weighted by Crippen LogP contribution is -2.42. The molecule has 86 valence electrons. The number of carboxylic acids is 1. The second-order valence-corrected chi connectivity index (χ2v) is 4.10. The van der Waals surface area contributed by atoms with E-state index in [9.17, 15) is 9.59 Å². The number of nitrogens with one attached hydrogen (secondary N) is 1. The van der Waals surface area contributed by atoms with E-state index in [1.165, 1.54) is 11.8 Å².